The lowest BCUT2D eigenvalue weighted by Crippen LogP contribution is -2.42. The Labute approximate surface area is 289 Å². The number of likely N-dealkylation sites (tertiary alicyclic amines) is 1. The highest BCUT2D eigenvalue weighted by atomic mass is 32.2. The maximum atomic E-state index is 12.7. The van der Waals surface area contributed by atoms with Crippen LogP contribution < -0.4 is 0 Å². The van der Waals surface area contributed by atoms with Gasteiger partial charge in [0, 0.05) is 61.0 Å². The minimum atomic E-state index is -3.06. The zero-order valence-electron chi connectivity index (χ0n) is 31.3. The molecule has 0 aromatic heterocycles. The van der Waals surface area contributed by atoms with Crippen molar-refractivity contribution >= 4 is 25.4 Å². The van der Waals surface area contributed by atoms with Gasteiger partial charge in [0.05, 0.1) is 15.9 Å². The second-order valence-corrected chi connectivity index (χ2v) is 21.5. The molecule has 2 heterocycles. The zero-order valence-corrected chi connectivity index (χ0v) is 32.9. The van der Waals surface area contributed by atoms with Crippen LogP contribution in [0.3, 0.4) is 0 Å². The van der Waals surface area contributed by atoms with E-state index in [-0.39, 0.29) is 21.3 Å². The first-order valence-corrected chi connectivity index (χ1v) is 23.1. The van der Waals surface area contributed by atoms with E-state index in [1.165, 1.54) is 88.1 Å². The first-order valence-electron chi connectivity index (χ1n) is 19.2. The third-order valence-corrected chi connectivity index (χ3v) is 16.1. The molecular weight excluding hydrogens is 625 g/mol. The average Bonchev–Trinajstić information content (AvgIpc) is 3.34. The molecule has 0 amide bonds. The Morgan fingerprint density at radius 3 is 1.87 bits per heavy atom. The first-order chi connectivity index (χ1) is 22.0. The molecule has 1 saturated heterocycles. The third-order valence-electron chi connectivity index (χ3n) is 12.8. The Morgan fingerprint density at radius 2 is 1.28 bits per heavy atom. The Bertz CT molecular complexity index is 1370. The second-order valence-electron chi connectivity index (χ2n) is 16.8. The fraction of sp³-hybridized carbons (Fsp3) is 0.872. The summed E-state index contributed by atoms with van der Waals surface area (Å²) < 4.78 is 53.3. The summed E-state index contributed by atoms with van der Waals surface area (Å²) in [5, 5.41) is -0.465. The average molecular weight is 694 g/mol. The predicted molar refractivity (Wildman–Crippen MR) is 199 cm³/mol. The summed E-state index contributed by atoms with van der Waals surface area (Å²) in [6, 6.07) is 0.805. The van der Waals surface area contributed by atoms with Crippen molar-refractivity contribution in [2.24, 2.45) is 22.7 Å². The number of sulfone groups is 2. The van der Waals surface area contributed by atoms with Crippen molar-refractivity contribution in [3.05, 3.63) is 23.9 Å². The lowest BCUT2D eigenvalue weighted by Gasteiger charge is -2.37. The first kappa shape index (κ1) is 38.6. The summed E-state index contributed by atoms with van der Waals surface area (Å²) >= 11 is 0. The lowest BCUT2D eigenvalue weighted by molar-refractivity contribution is -0.566. The Balaban J connectivity index is 1.66. The third kappa shape index (κ3) is 8.78. The van der Waals surface area contributed by atoms with Crippen LogP contribution in [0.4, 0.5) is 0 Å². The van der Waals surface area contributed by atoms with E-state index in [4.69, 9.17) is 0 Å². The Hall–Kier alpha value is -1.15. The van der Waals surface area contributed by atoms with Crippen molar-refractivity contribution < 1.29 is 21.4 Å². The van der Waals surface area contributed by atoms with Crippen LogP contribution in [-0.2, 0) is 19.7 Å². The van der Waals surface area contributed by atoms with Gasteiger partial charge in [-0.15, -0.1) is 0 Å². The van der Waals surface area contributed by atoms with Gasteiger partial charge in [0.25, 0.3) is 0 Å². The van der Waals surface area contributed by atoms with Crippen molar-refractivity contribution in [1.82, 2.24) is 4.90 Å². The van der Waals surface area contributed by atoms with Gasteiger partial charge in [-0.25, -0.2) is 21.4 Å². The molecule has 2 saturated carbocycles. The number of allylic oxidation sites excluding steroid dienone is 4. The molecular formula is C39H69N2O4S2+. The molecule has 4 rings (SSSR count). The van der Waals surface area contributed by atoms with Gasteiger partial charge in [-0.05, 0) is 70.8 Å². The summed E-state index contributed by atoms with van der Waals surface area (Å²) in [4.78, 5) is 2.67. The molecule has 0 aromatic rings. The standard InChI is InChI=1S/C39H69N2O4S2/c1-9-11-13-15-17-26-40-34-24-22-30(46(7,42)43)28-32(34)38(3,4)36(40)20-19-21-37-39(5,6)33-29-31(47(8,44)45)23-25-35(33)41(37)27-18-16-14-12-10-2/h19-21,30-35H,9-18,22-29H2,1-8H3/q+1. The molecule has 4 aliphatic rings. The highest BCUT2D eigenvalue weighted by molar-refractivity contribution is 7.91. The molecule has 0 spiro atoms. The normalized spacial score (nSPS) is 31.6. The molecule has 0 N–H and O–H groups in total. The van der Waals surface area contributed by atoms with Gasteiger partial charge in [-0.3, -0.25) is 0 Å². The van der Waals surface area contributed by atoms with Crippen LogP contribution in [0, 0.1) is 22.7 Å². The zero-order chi connectivity index (χ0) is 34.6. The summed E-state index contributed by atoms with van der Waals surface area (Å²) in [6.07, 6.45) is 27.3. The van der Waals surface area contributed by atoms with E-state index in [2.05, 4.69) is 69.2 Å². The fourth-order valence-electron chi connectivity index (χ4n) is 9.98. The summed E-state index contributed by atoms with van der Waals surface area (Å²) in [7, 11) is -6.12. The van der Waals surface area contributed by atoms with Crippen molar-refractivity contribution in [1.29, 1.82) is 0 Å². The predicted octanol–water partition coefficient (Wildman–Crippen LogP) is 8.37. The molecule has 270 valence electrons. The smallest absolute Gasteiger partial charge is 0.182 e. The number of unbranched alkanes of at least 4 members (excludes halogenated alkanes) is 8. The van der Waals surface area contributed by atoms with Crippen LogP contribution in [-0.4, -0.2) is 80.2 Å². The molecule has 0 bridgehead atoms. The molecule has 2 aliphatic carbocycles. The van der Waals surface area contributed by atoms with Crippen LogP contribution in [0.15, 0.2) is 23.9 Å². The van der Waals surface area contributed by atoms with Crippen LogP contribution in [0.25, 0.3) is 0 Å². The number of nitrogens with zero attached hydrogens (tertiary/aromatic N) is 2. The molecule has 6 nitrogen and oxygen atoms in total. The van der Waals surface area contributed by atoms with Gasteiger partial charge < -0.3 is 4.90 Å². The molecule has 8 heteroatoms. The number of fused-ring (bicyclic) bond motifs is 2. The molecule has 3 fully saturated rings. The quantitative estimate of drug-likeness (QED) is 0.120. The largest absolute Gasteiger partial charge is 0.371 e. The van der Waals surface area contributed by atoms with Gasteiger partial charge in [-0.2, -0.15) is 0 Å². The molecule has 0 radical (unpaired) electrons. The van der Waals surface area contributed by atoms with E-state index in [0.717, 1.165) is 51.6 Å². The van der Waals surface area contributed by atoms with Crippen molar-refractivity contribution in [2.45, 2.75) is 167 Å². The lowest BCUT2D eigenvalue weighted by atomic mass is 9.69. The monoisotopic (exact) mass is 693 g/mol. The van der Waals surface area contributed by atoms with Crippen molar-refractivity contribution in [3.63, 3.8) is 0 Å². The minimum absolute atomic E-state index is 0.104. The van der Waals surface area contributed by atoms with Crippen molar-refractivity contribution in [2.75, 3.05) is 25.6 Å². The van der Waals surface area contributed by atoms with Gasteiger partial charge in [0.2, 0.25) is 0 Å². The Kier molecular flexibility index (Phi) is 13.0. The van der Waals surface area contributed by atoms with Gasteiger partial charge in [0.1, 0.15) is 26.2 Å². The van der Waals surface area contributed by atoms with Crippen LogP contribution >= 0.6 is 0 Å². The van der Waals surface area contributed by atoms with E-state index in [9.17, 15) is 16.8 Å². The summed E-state index contributed by atoms with van der Waals surface area (Å²) in [5.41, 5.74) is 2.52. The van der Waals surface area contributed by atoms with E-state index >= 15 is 0 Å². The van der Waals surface area contributed by atoms with E-state index in [0.29, 0.717) is 23.9 Å². The molecule has 47 heavy (non-hydrogen) atoms. The van der Waals surface area contributed by atoms with Gasteiger partial charge in [0.15, 0.2) is 11.8 Å². The van der Waals surface area contributed by atoms with E-state index in [1.54, 1.807) is 0 Å². The Morgan fingerprint density at radius 1 is 0.723 bits per heavy atom. The van der Waals surface area contributed by atoms with Crippen LogP contribution in [0.5, 0.6) is 0 Å². The van der Waals surface area contributed by atoms with E-state index < -0.39 is 19.7 Å². The number of hydrogen-bond donors (Lipinski definition) is 0. The number of hydrogen-bond acceptors (Lipinski definition) is 5. The van der Waals surface area contributed by atoms with E-state index in [1.807, 2.05) is 0 Å². The fourth-order valence-corrected chi connectivity index (χ4v) is 12.2. The van der Waals surface area contributed by atoms with Crippen LogP contribution in [0.2, 0.25) is 0 Å². The maximum absolute atomic E-state index is 12.7. The summed E-state index contributed by atoms with van der Waals surface area (Å²) in [6.45, 7) is 16.0. The molecule has 6 atom stereocenters. The SMILES string of the molecule is CCCCCCCN1C(=CC=CC2=[N+](CCCCCCC)C3CCC(S(C)(=O)=O)CC3C2(C)C)C(C)(C)C2CC(S(C)(=O)=O)CCC21. The number of rotatable bonds is 16. The molecule has 0 aromatic carbocycles. The second kappa shape index (κ2) is 15.8. The highest BCUT2D eigenvalue weighted by Gasteiger charge is 2.57. The summed E-state index contributed by atoms with van der Waals surface area (Å²) in [5.74, 6) is 0.662. The highest BCUT2D eigenvalue weighted by Crippen LogP contribution is 2.54. The maximum Gasteiger partial charge on any atom is 0.182 e. The van der Waals surface area contributed by atoms with Gasteiger partial charge in [-0.1, -0.05) is 78.7 Å². The van der Waals surface area contributed by atoms with Gasteiger partial charge >= 0.3 is 0 Å². The minimum Gasteiger partial charge on any atom is -0.371 e. The van der Waals surface area contributed by atoms with Crippen molar-refractivity contribution in [3.8, 4) is 0 Å². The molecule has 6 unspecified atom stereocenters. The molecule has 2 aliphatic heterocycles. The topological polar surface area (TPSA) is 74.5 Å². The van der Waals surface area contributed by atoms with Crippen LogP contribution in [0.1, 0.15) is 144 Å².